The highest BCUT2D eigenvalue weighted by atomic mass is 35.5. The molecule has 0 radical (unpaired) electrons. The number of aryl methyl sites for hydroxylation is 1. The summed E-state index contributed by atoms with van der Waals surface area (Å²) >= 11 is 5.71. The number of hydrogen-bond acceptors (Lipinski definition) is 2. The van der Waals surface area contributed by atoms with Gasteiger partial charge in [0.15, 0.2) is 0 Å². The van der Waals surface area contributed by atoms with Gasteiger partial charge < -0.3 is 5.32 Å². The van der Waals surface area contributed by atoms with Crippen molar-refractivity contribution in [2.75, 3.05) is 5.32 Å². The number of aromatic nitrogens is 2. The number of rotatable bonds is 3. The quantitative estimate of drug-likeness (QED) is 0.908. The normalized spacial score (nSPS) is 15.3. The molecule has 112 valence electrons. The first-order chi connectivity index (χ1) is 9.84. The highest BCUT2D eigenvalue weighted by molar-refractivity contribution is 6.30. The van der Waals surface area contributed by atoms with Crippen LogP contribution in [0.1, 0.15) is 24.1 Å². The summed E-state index contributed by atoms with van der Waals surface area (Å²) in [7, 11) is 0. The number of nitrogens with zero attached hydrogens (tertiary/aromatic N) is 2. The molecule has 0 bridgehead atoms. The van der Waals surface area contributed by atoms with Crippen LogP contribution in [0, 0.1) is 6.92 Å². The molecule has 3 rings (SSSR count). The Hall–Kier alpha value is -1.69. The van der Waals surface area contributed by atoms with Crippen LogP contribution >= 0.6 is 11.6 Å². The van der Waals surface area contributed by atoms with Crippen LogP contribution in [0.5, 0.6) is 0 Å². The van der Waals surface area contributed by atoms with E-state index >= 15 is 0 Å². The number of nitrogens with one attached hydrogen (secondary N) is 1. The Morgan fingerprint density at radius 1 is 1.33 bits per heavy atom. The molecule has 1 aromatic heterocycles. The molecule has 0 amide bonds. The van der Waals surface area contributed by atoms with Gasteiger partial charge in [0.1, 0.15) is 0 Å². The Bertz CT molecular complexity index is 675. The molecule has 0 spiro atoms. The Labute approximate surface area is 124 Å². The Morgan fingerprint density at radius 2 is 2.05 bits per heavy atom. The molecule has 0 aliphatic heterocycles. The van der Waals surface area contributed by atoms with Gasteiger partial charge in [-0.1, -0.05) is 11.6 Å². The summed E-state index contributed by atoms with van der Waals surface area (Å²) in [4.78, 5) is 4.26. The topological polar surface area (TPSA) is 29.9 Å². The van der Waals surface area contributed by atoms with E-state index < -0.39 is 11.7 Å². The molecule has 1 saturated carbocycles. The molecule has 1 fully saturated rings. The third-order valence-corrected chi connectivity index (χ3v) is 3.50. The van der Waals surface area contributed by atoms with Gasteiger partial charge in [-0.3, -0.25) is 4.57 Å². The zero-order valence-electron chi connectivity index (χ0n) is 11.2. The molecule has 1 heterocycles. The lowest BCUT2D eigenvalue weighted by atomic mass is 10.1. The fourth-order valence-electron chi connectivity index (χ4n) is 2.14. The van der Waals surface area contributed by atoms with E-state index in [0.29, 0.717) is 17.7 Å². The molecule has 1 N–H and O–H groups in total. The van der Waals surface area contributed by atoms with Crippen LogP contribution in [-0.4, -0.2) is 15.6 Å². The van der Waals surface area contributed by atoms with Crippen molar-refractivity contribution in [2.24, 2.45) is 0 Å². The lowest BCUT2D eigenvalue weighted by Gasteiger charge is -2.16. The van der Waals surface area contributed by atoms with Crippen molar-refractivity contribution in [1.29, 1.82) is 0 Å². The van der Waals surface area contributed by atoms with Crippen LogP contribution in [0.2, 0.25) is 5.02 Å². The average Bonchev–Trinajstić information content (AvgIpc) is 3.11. The molecule has 7 heteroatoms. The number of hydrogen-bond donors (Lipinski definition) is 1. The Morgan fingerprint density at radius 3 is 2.67 bits per heavy atom. The smallest absolute Gasteiger partial charge is 0.353 e. The average molecular weight is 316 g/mol. The lowest BCUT2D eigenvalue weighted by molar-refractivity contribution is -0.137. The summed E-state index contributed by atoms with van der Waals surface area (Å²) < 4.78 is 41.1. The fourth-order valence-corrected chi connectivity index (χ4v) is 2.31. The van der Waals surface area contributed by atoms with E-state index in [0.717, 1.165) is 18.9 Å². The molecular weight excluding hydrogens is 303 g/mol. The SMILES string of the molecule is Cc1cn(-c2ccc(Cl)cc2C(F)(F)F)c(NC2CC2)n1. The number of halogens is 4. The van der Waals surface area contributed by atoms with Gasteiger partial charge in [-0.2, -0.15) is 13.2 Å². The van der Waals surface area contributed by atoms with E-state index in [1.807, 2.05) is 0 Å². The third-order valence-electron chi connectivity index (χ3n) is 3.26. The summed E-state index contributed by atoms with van der Waals surface area (Å²) in [5.41, 5.74) is -0.0943. The van der Waals surface area contributed by atoms with E-state index in [1.165, 1.54) is 16.7 Å². The number of anilines is 1. The predicted molar refractivity (Wildman–Crippen MR) is 75.0 cm³/mol. The van der Waals surface area contributed by atoms with Gasteiger partial charge in [-0.25, -0.2) is 4.98 Å². The van der Waals surface area contributed by atoms with Crippen LogP contribution in [0.25, 0.3) is 5.69 Å². The van der Waals surface area contributed by atoms with Crippen LogP contribution in [0.3, 0.4) is 0 Å². The highest BCUT2D eigenvalue weighted by Gasteiger charge is 2.35. The molecule has 1 aliphatic rings. The monoisotopic (exact) mass is 315 g/mol. The van der Waals surface area contributed by atoms with Gasteiger partial charge in [0.25, 0.3) is 0 Å². The second kappa shape index (κ2) is 4.94. The first-order valence-corrected chi connectivity index (χ1v) is 6.92. The maximum Gasteiger partial charge on any atom is 0.418 e. The second-order valence-corrected chi connectivity index (χ2v) is 5.59. The summed E-state index contributed by atoms with van der Waals surface area (Å²) in [6.45, 7) is 1.75. The maximum absolute atomic E-state index is 13.2. The molecular formula is C14H13ClF3N3. The van der Waals surface area contributed by atoms with E-state index in [2.05, 4.69) is 10.3 Å². The predicted octanol–water partition coefficient (Wildman–Crippen LogP) is 4.43. The van der Waals surface area contributed by atoms with Gasteiger partial charge >= 0.3 is 6.18 Å². The minimum absolute atomic E-state index is 0.0238. The molecule has 0 unspecified atom stereocenters. The number of alkyl halides is 3. The van der Waals surface area contributed by atoms with E-state index in [4.69, 9.17) is 11.6 Å². The van der Waals surface area contributed by atoms with Crippen LogP contribution in [-0.2, 0) is 6.18 Å². The minimum Gasteiger partial charge on any atom is -0.353 e. The number of benzene rings is 1. The molecule has 0 saturated heterocycles. The summed E-state index contributed by atoms with van der Waals surface area (Å²) in [5, 5.41) is 3.20. The Kier molecular flexibility index (Phi) is 3.36. The van der Waals surface area contributed by atoms with Gasteiger partial charge in [0.2, 0.25) is 5.95 Å². The maximum atomic E-state index is 13.2. The standard InChI is InChI=1S/C14H13ClF3N3/c1-8-7-21(13(19-8)20-10-3-4-10)12-5-2-9(15)6-11(12)14(16,17)18/h2,5-7,10H,3-4H2,1H3,(H,19,20). The van der Waals surface area contributed by atoms with Crippen LogP contribution in [0.15, 0.2) is 24.4 Å². The zero-order valence-corrected chi connectivity index (χ0v) is 12.0. The van der Waals surface area contributed by atoms with Gasteiger partial charge in [-0.15, -0.1) is 0 Å². The molecule has 1 aromatic carbocycles. The Balaban J connectivity index is 2.11. The summed E-state index contributed by atoms with van der Waals surface area (Å²) in [5.74, 6) is 0.433. The van der Waals surface area contributed by atoms with Crippen molar-refractivity contribution >= 4 is 17.5 Å². The third kappa shape index (κ3) is 3.00. The van der Waals surface area contributed by atoms with Crippen molar-refractivity contribution in [1.82, 2.24) is 9.55 Å². The first-order valence-electron chi connectivity index (χ1n) is 6.54. The van der Waals surface area contributed by atoms with E-state index in [1.54, 1.807) is 13.1 Å². The van der Waals surface area contributed by atoms with Crippen molar-refractivity contribution < 1.29 is 13.2 Å². The highest BCUT2D eigenvalue weighted by Crippen LogP contribution is 2.37. The minimum atomic E-state index is -4.48. The van der Waals surface area contributed by atoms with Gasteiger partial charge in [0, 0.05) is 17.3 Å². The van der Waals surface area contributed by atoms with Crippen molar-refractivity contribution in [3.05, 3.63) is 40.7 Å². The van der Waals surface area contributed by atoms with Crippen molar-refractivity contribution in [3.63, 3.8) is 0 Å². The first kappa shape index (κ1) is 14.3. The van der Waals surface area contributed by atoms with Crippen molar-refractivity contribution in [3.8, 4) is 5.69 Å². The number of imidazole rings is 1. The van der Waals surface area contributed by atoms with Gasteiger partial charge in [-0.05, 0) is 38.0 Å². The molecule has 1 aliphatic carbocycles. The largest absolute Gasteiger partial charge is 0.418 e. The van der Waals surface area contributed by atoms with Gasteiger partial charge in [0.05, 0.1) is 16.9 Å². The fraction of sp³-hybridized carbons (Fsp3) is 0.357. The van der Waals surface area contributed by atoms with E-state index in [9.17, 15) is 13.2 Å². The van der Waals surface area contributed by atoms with E-state index in [-0.39, 0.29) is 10.7 Å². The summed E-state index contributed by atoms with van der Waals surface area (Å²) in [6, 6.07) is 4.05. The molecule has 2 aromatic rings. The molecule has 21 heavy (non-hydrogen) atoms. The van der Waals surface area contributed by atoms with Crippen molar-refractivity contribution in [2.45, 2.75) is 32.0 Å². The second-order valence-electron chi connectivity index (χ2n) is 5.15. The lowest BCUT2D eigenvalue weighted by Crippen LogP contribution is -2.13. The summed E-state index contributed by atoms with van der Waals surface area (Å²) in [6.07, 6.45) is -0.865. The molecule has 3 nitrogen and oxygen atoms in total. The zero-order chi connectivity index (χ0) is 15.2. The molecule has 0 atom stereocenters. The van der Waals surface area contributed by atoms with Crippen LogP contribution < -0.4 is 5.32 Å². The van der Waals surface area contributed by atoms with Crippen LogP contribution in [0.4, 0.5) is 19.1 Å².